The summed E-state index contributed by atoms with van der Waals surface area (Å²) in [5.74, 6) is -0.374. The molecule has 3 rings (SSSR count). The van der Waals surface area contributed by atoms with Crippen LogP contribution in [0, 0.1) is 0 Å². The number of hydrogen-bond donors (Lipinski definition) is 0. The molecule has 1 aliphatic heterocycles. The minimum Gasteiger partial charge on any atom is -0.406 e. The molecule has 1 aliphatic rings. The fraction of sp³-hybridized carbons (Fsp3) is 0.391. The van der Waals surface area contributed by atoms with Crippen LogP contribution in [-0.2, 0) is 28.6 Å². The first-order valence-corrected chi connectivity index (χ1v) is 16.4. The Bertz CT molecular complexity index is 1180. The van der Waals surface area contributed by atoms with E-state index in [1.54, 1.807) is 12.1 Å². The Hall–Kier alpha value is -1.78. The summed E-state index contributed by atoms with van der Waals surface area (Å²) < 4.78 is 60.2. The van der Waals surface area contributed by atoms with Crippen LogP contribution in [-0.4, -0.2) is 37.0 Å². The lowest BCUT2D eigenvalue weighted by atomic mass is 10.0. The number of rotatable bonds is 7. The van der Waals surface area contributed by atoms with E-state index in [0.29, 0.717) is 0 Å². The van der Waals surface area contributed by atoms with Crippen LogP contribution in [0.5, 0.6) is 0 Å². The average Bonchev–Trinajstić information content (AvgIpc) is 3.03. The summed E-state index contributed by atoms with van der Waals surface area (Å²) in [6.45, 7) is 10.9. The third-order valence-corrected chi connectivity index (χ3v) is 13.1. The van der Waals surface area contributed by atoms with Gasteiger partial charge in [0.05, 0.1) is 16.8 Å². The third-order valence-electron chi connectivity index (χ3n) is 5.94. The second kappa shape index (κ2) is 8.87. The van der Waals surface area contributed by atoms with Crippen molar-refractivity contribution in [2.45, 2.75) is 56.0 Å². The maximum absolute atomic E-state index is 12.6. The highest BCUT2D eigenvalue weighted by Gasteiger charge is 2.40. The summed E-state index contributed by atoms with van der Waals surface area (Å²) in [5, 5.41) is 0.991. The van der Waals surface area contributed by atoms with E-state index in [9.17, 15) is 16.8 Å². The van der Waals surface area contributed by atoms with Crippen LogP contribution in [0.1, 0.15) is 38.0 Å². The van der Waals surface area contributed by atoms with E-state index < -0.39 is 34.4 Å². The van der Waals surface area contributed by atoms with E-state index in [1.165, 1.54) is 18.2 Å². The van der Waals surface area contributed by atoms with Crippen LogP contribution in [0.3, 0.4) is 0 Å². The summed E-state index contributed by atoms with van der Waals surface area (Å²) in [5.41, 5.74) is 1.83. The highest BCUT2D eigenvalue weighted by Crippen LogP contribution is 2.41. The standard InChI is InChI=1S/C23H30O6S2Si/c1-23(2,3)32(4,5)29-22(18-9-7-6-8-10-18)19-11-13-21(14-12-19)31(26,27)28-20-15-16-30(24,25)17-20/h6-16,20,22H,17H2,1-5H3. The quantitative estimate of drug-likeness (QED) is 0.405. The molecule has 174 valence electrons. The van der Waals surface area contributed by atoms with Crippen LogP contribution in [0.25, 0.3) is 0 Å². The van der Waals surface area contributed by atoms with Crippen molar-refractivity contribution in [2.75, 3.05) is 5.75 Å². The van der Waals surface area contributed by atoms with Crippen molar-refractivity contribution in [3.63, 3.8) is 0 Å². The summed E-state index contributed by atoms with van der Waals surface area (Å²) in [7, 11) is -9.65. The largest absolute Gasteiger partial charge is 0.406 e. The van der Waals surface area contributed by atoms with E-state index in [4.69, 9.17) is 8.61 Å². The van der Waals surface area contributed by atoms with E-state index >= 15 is 0 Å². The highest BCUT2D eigenvalue weighted by molar-refractivity contribution is 7.94. The van der Waals surface area contributed by atoms with Crippen molar-refractivity contribution in [1.82, 2.24) is 0 Å². The Morgan fingerprint density at radius 2 is 1.53 bits per heavy atom. The molecule has 2 atom stereocenters. The predicted molar refractivity (Wildman–Crippen MR) is 128 cm³/mol. The number of benzene rings is 2. The SMILES string of the molecule is CC(C)(C)[Si](C)(C)OC(c1ccccc1)c1ccc(S(=O)(=O)OC2C=CS(=O)(=O)C2)cc1. The minimum absolute atomic E-state index is 0.00624. The maximum atomic E-state index is 12.6. The van der Waals surface area contributed by atoms with E-state index in [1.807, 2.05) is 30.3 Å². The van der Waals surface area contributed by atoms with Gasteiger partial charge in [0, 0.05) is 5.41 Å². The fourth-order valence-corrected chi connectivity index (χ4v) is 6.56. The lowest BCUT2D eigenvalue weighted by Crippen LogP contribution is -2.42. The second-order valence-corrected chi connectivity index (χ2v) is 17.7. The molecule has 0 N–H and O–H groups in total. The van der Waals surface area contributed by atoms with Gasteiger partial charge in [-0.15, -0.1) is 0 Å². The van der Waals surface area contributed by atoms with E-state index in [-0.39, 0.29) is 21.8 Å². The van der Waals surface area contributed by atoms with Gasteiger partial charge in [-0.1, -0.05) is 63.2 Å². The van der Waals surface area contributed by atoms with Gasteiger partial charge in [0.25, 0.3) is 10.1 Å². The van der Waals surface area contributed by atoms with Crippen LogP contribution < -0.4 is 0 Å². The summed E-state index contributed by atoms with van der Waals surface area (Å²) >= 11 is 0. The van der Waals surface area contributed by atoms with Crippen LogP contribution >= 0.6 is 0 Å². The minimum atomic E-state index is -4.11. The number of hydrogen-bond acceptors (Lipinski definition) is 6. The normalized spacial score (nSPS) is 19.7. The smallest absolute Gasteiger partial charge is 0.297 e. The molecule has 0 amide bonds. The lowest BCUT2D eigenvalue weighted by molar-refractivity contribution is 0.222. The molecule has 0 radical (unpaired) electrons. The van der Waals surface area contributed by atoms with Gasteiger partial charge in [-0.3, -0.25) is 4.18 Å². The molecule has 6 nitrogen and oxygen atoms in total. The maximum Gasteiger partial charge on any atom is 0.297 e. The van der Waals surface area contributed by atoms with Gasteiger partial charge >= 0.3 is 0 Å². The van der Waals surface area contributed by atoms with Gasteiger partial charge in [0.2, 0.25) is 0 Å². The average molecular weight is 495 g/mol. The van der Waals surface area contributed by atoms with Gasteiger partial charge in [-0.25, -0.2) is 8.42 Å². The molecule has 2 unspecified atom stereocenters. The van der Waals surface area contributed by atoms with Crippen molar-refractivity contribution < 1.29 is 25.4 Å². The second-order valence-electron chi connectivity index (χ2n) is 9.48. The van der Waals surface area contributed by atoms with E-state index in [0.717, 1.165) is 16.5 Å². The van der Waals surface area contributed by atoms with Crippen LogP contribution in [0.15, 0.2) is 71.0 Å². The first-order chi connectivity index (χ1) is 14.7. The summed E-state index contributed by atoms with van der Waals surface area (Å²) in [4.78, 5) is -0.0295. The first kappa shape index (κ1) is 24.9. The van der Waals surface area contributed by atoms with Crippen LogP contribution in [0.4, 0.5) is 0 Å². The Morgan fingerprint density at radius 3 is 2.03 bits per heavy atom. The molecular weight excluding hydrogens is 464 g/mol. The fourth-order valence-electron chi connectivity index (χ4n) is 3.06. The lowest BCUT2D eigenvalue weighted by Gasteiger charge is -2.39. The molecule has 0 spiro atoms. The summed E-state index contributed by atoms with van der Waals surface area (Å²) in [6, 6.07) is 16.2. The molecule has 0 bridgehead atoms. The molecular formula is C23H30O6S2Si. The molecule has 1 heterocycles. The van der Waals surface area contributed by atoms with Crippen molar-refractivity contribution in [1.29, 1.82) is 0 Å². The van der Waals surface area contributed by atoms with E-state index in [2.05, 4.69) is 33.9 Å². The number of sulfone groups is 1. The molecule has 2 aromatic rings. The van der Waals surface area contributed by atoms with Gasteiger partial charge in [0.1, 0.15) is 6.10 Å². The Labute approximate surface area is 192 Å². The van der Waals surface area contributed by atoms with Crippen molar-refractivity contribution in [3.8, 4) is 0 Å². The first-order valence-electron chi connectivity index (χ1n) is 10.4. The van der Waals surface area contributed by atoms with Gasteiger partial charge in [0.15, 0.2) is 18.2 Å². The van der Waals surface area contributed by atoms with Gasteiger partial charge < -0.3 is 4.43 Å². The predicted octanol–water partition coefficient (Wildman–Crippen LogP) is 4.81. The molecule has 9 heteroatoms. The van der Waals surface area contributed by atoms with Crippen molar-refractivity contribution in [3.05, 3.63) is 77.2 Å². The van der Waals surface area contributed by atoms with Gasteiger partial charge in [-0.2, -0.15) is 8.42 Å². The Morgan fingerprint density at radius 1 is 0.969 bits per heavy atom. The molecule has 0 aliphatic carbocycles. The van der Waals surface area contributed by atoms with Crippen molar-refractivity contribution >= 4 is 28.3 Å². The molecule has 0 saturated carbocycles. The Kier molecular flexibility index (Phi) is 6.89. The van der Waals surface area contributed by atoms with Gasteiger partial charge in [-0.05, 0) is 47.5 Å². The van der Waals surface area contributed by atoms with Crippen molar-refractivity contribution in [2.24, 2.45) is 0 Å². The highest BCUT2D eigenvalue weighted by atomic mass is 32.2. The molecule has 32 heavy (non-hydrogen) atoms. The third kappa shape index (κ3) is 5.76. The zero-order chi connectivity index (χ0) is 23.8. The molecule has 0 saturated heterocycles. The molecule has 0 fully saturated rings. The zero-order valence-electron chi connectivity index (χ0n) is 19.0. The van der Waals surface area contributed by atoms with Crippen LogP contribution in [0.2, 0.25) is 18.1 Å². The zero-order valence-corrected chi connectivity index (χ0v) is 21.6. The molecule has 0 aromatic heterocycles. The molecule has 2 aromatic carbocycles. The topological polar surface area (TPSA) is 86.7 Å². The summed E-state index contributed by atoms with van der Waals surface area (Å²) in [6.07, 6.45) is -0.0962. The Balaban J connectivity index is 1.88. The monoisotopic (exact) mass is 494 g/mol.